The van der Waals surface area contributed by atoms with Gasteiger partial charge in [0, 0.05) is 28.0 Å². The molecule has 4 nitrogen and oxygen atoms in total. The van der Waals surface area contributed by atoms with Crippen molar-refractivity contribution in [1.29, 1.82) is 0 Å². The predicted octanol–water partition coefficient (Wildman–Crippen LogP) is 2.82. The van der Waals surface area contributed by atoms with Crippen molar-refractivity contribution in [2.24, 2.45) is 5.73 Å². The Labute approximate surface area is 122 Å². The van der Waals surface area contributed by atoms with Gasteiger partial charge in [0.25, 0.3) is 5.91 Å². The Morgan fingerprint density at radius 2 is 2.10 bits per heavy atom. The highest BCUT2D eigenvalue weighted by atomic mass is 35.5. The zero-order chi connectivity index (χ0) is 14.1. The van der Waals surface area contributed by atoms with Crippen molar-refractivity contribution in [1.82, 2.24) is 10.3 Å². The summed E-state index contributed by atoms with van der Waals surface area (Å²) in [6.07, 6.45) is 4.21. The van der Waals surface area contributed by atoms with E-state index < -0.39 is 0 Å². The molecule has 1 aromatic carbocycles. The molecule has 3 rings (SSSR count). The van der Waals surface area contributed by atoms with Crippen molar-refractivity contribution in [3.8, 4) is 0 Å². The molecule has 0 spiro atoms. The Morgan fingerprint density at radius 1 is 1.30 bits per heavy atom. The molecule has 1 aromatic heterocycles. The van der Waals surface area contributed by atoms with Crippen LogP contribution in [0.2, 0.25) is 5.02 Å². The van der Waals surface area contributed by atoms with Crippen molar-refractivity contribution in [2.75, 3.05) is 0 Å². The van der Waals surface area contributed by atoms with Gasteiger partial charge < -0.3 is 16.0 Å². The highest BCUT2D eigenvalue weighted by Gasteiger charge is 2.24. The van der Waals surface area contributed by atoms with Crippen LogP contribution in [0.1, 0.15) is 36.2 Å². The zero-order valence-electron chi connectivity index (χ0n) is 11.2. The van der Waals surface area contributed by atoms with Crippen LogP contribution in [0.25, 0.3) is 10.9 Å². The summed E-state index contributed by atoms with van der Waals surface area (Å²) in [6.45, 7) is 0. The number of amides is 1. The molecule has 4 N–H and O–H groups in total. The van der Waals surface area contributed by atoms with E-state index in [-0.39, 0.29) is 18.0 Å². The van der Waals surface area contributed by atoms with E-state index in [1.54, 1.807) is 6.07 Å². The molecule has 1 amide bonds. The number of hydrogen-bond donors (Lipinski definition) is 3. The van der Waals surface area contributed by atoms with Gasteiger partial charge in [0.1, 0.15) is 5.69 Å². The smallest absolute Gasteiger partial charge is 0.268 e. The highest BCUT2D eigenvalue weighted by Crippen LogP contribution is 2.21. The van der Waals surface area contributed by atoms with Gasteiger partial charge in [-0.15, -0.1) is 0 Å². The van der Waals surface area contributed by atoms with Crippen LogP contribution in [0, 0.1) is 0 Å². The summed E-state index contributed by atoms with van der Waals surface area (Å²) in [4.78, 5) is 15.4. The maximum atomic E-state index is 12.3. The molecule has 0 radical (unpaired) electrons. The molecule has 1 fully saturated rings. The molecule has 106 valence electrons. The monoisotopic (exact) mass is 291 g/mol. The SMILES string of the molecule is N[C@H]1CCCC[C@H]1NC(=O)c1cc2cc(Cl)ccc2[nH]1. The van der Waals surface area contributed by atoms with E-state index >= 15 is 0 Å². The molecular weight excluding hydrogens is 274 g/mol. The minimum Gasteiger partial charge on any atom is -0.351 e. The van der Waals surface area contributed by atoms with Crippen LogP contribution < -0.4 is 11.1 Å². The molecule has 0 unspecified atom stereocenters. The summed E-state index contributed by atoms with van der Waals surface area (Å²) in [5.41, 5.74) is 7.52. The van der Waals surface area contributed by atoms with Crippen LogP contribution in [-0.2, 0) is 0 Å². The minimum atomic E-state index is -0.0975. The summed E-state index contributed by atoms with van der Waals surface area (Å²) in [7, 11) is 0. The second-order valence-electron chi connectivity index (χ2n) is 5.44. The standard InChI is InChI=1S/C15H18ClN3O/c16-10-5-6-12-9(7-10)8-14(18-12)15(20)19-13-4-2-1-3-11(13)17/h5-8,11,13,18H,1-4,17H2,(H,19,20)/t11-,13+/m0/s1. The van der Waals surface area contributed by atoms with Gasteiger partial charge in [0.15, 0.2) is 0 Å². The highest BCUT2D eigenvalue weighted by molar-refractivity contribution is 6.31. The van der Waals surface area contributed by atoms with E-state index in [1.807, 2.05) is 18.2 Å². The maximum absolute atomic E-state index is 12.3. The van der Waals surface area contributed by atoms with Crippen molar-refractivity contribution in [3.63, 3.8) is 0 Å². The van der Waals surface area contributed by atoms with E-state index in [0.717, 1.165) is 36.6 Å². The molecular formula is C15H18ClN3O. The van der Waals surface area contributed by atoms with Crippen molar-refractivity contribution >= 4 is 28.4 Å². The number of carbonyl (C=O) groups is 1. The third kappa shape index (κ3) is 2.67. The topological polar surface area (TPSA) is 70.9 Å². The lowest BCUT2D eigenvalue weighted by molar-refractivity contribution is 0.0917. The lowest BCUT2D eigenvalue weighted by Crippen LogP contribution is -2.49. The number of aromatic amines is 1. The maximum Gasteiger partial charge on any atom is 0.268 e. The summed E-state index contributed by atoms with van der Waals surface area (Å²) in [6, 6.07) is 7.49. The first-order chi connectivity index (χ1) is 9.63. The molecule has 2 atom stereocenters. The van der Waals surface area contributed by atoms with Crippen LogP contribution in [0.5, 0.6) is 0 Å². The van der Waals surface area contributed by atoms with Gasteiger partial charge in [-0.2, -0.15) is 0 Å². The molecule has 1 saturated carbocycles. The fourth-order valence-corrected chi connectivity index (χ4v) is 2.99. The summed E-state index contributed by atoms with van der Waals surface area (Å²) < 4.78 is 0. The average Bonchev–Trinajstić information content (AvgIpc) is 2.84. The van der Waals surface area contributed by atoms with Gasteiger partial charge in [-0.3, -0.25) is 4.79 Å². The van der Waals surface area contributed by atoms with Gasteiger partial charge in [0.05, 0.1) is 0 Å². The number of benzene rings is 1. The quantitative estimate of drug-likeness (QED) is 0.796. The number of carbonyl (C=O) groups excluding carboxylic acids is 1. The van der Waals surface area contributed by atoms with Crippen LogP contribution in [0.15, 0.2) is 24.3 Å². The average molecular weight is 292 g/mol. The minimum absolute atomic E-state index is 0.0616. The number of rotatable bonds is 2. The zero-order valence-corrected chi connectivity index (χ0v) is 11.9. The molecule has 1 aliphatic rings. The van der Waals surface area contributed by atoms with E-state index in [0.29, 0.717) is 10.7 Å². The van der Waals surface area contributed by atoms with E-state index in [1.165, 1.54) is 0 Å². The van der Waals surface area contributed by atoms with Crippen molar-refractivity contribution in [2.45, 2.75) is 37.8 Å². The number of hydrogen-bond acceptors (Lipinski definition) is 2. The Hall–Kier alpha value is -1.52. The number of fused-ring (bicyclic) bond motifs is 1. The van der Waals surface area contributed by atoms with Crippen molar-refractivity contribution in [3.05, 3.63) is 35.0 Å². The molecule has 0 saturated heterocycles. The molecule has 1 aliphatic carbocycles. The number of aromatic nitrogens is 1. The number of nitrogens with one attached hydrogen (secondary N) is 2. The van der Waals surface area contributed by atoms with Gasteiger partial charge in [0.2, 0.25) is 0 Å². The van der Waals surface area contributed by atoms with Gasteiger partial charge >= 0.3 is 0 Å². The molecule has 0 bridgehead atoms. The van der Waals surface area contributed by atoms with Crippen LogP contribution >= 0.6 is 11.6 Å². The Bertz CT molecular complexity index is 637. The molecule has 20 heavy (non-hydrogen) atoms. The van der Waals surface area contributed by atoms with Crippen LogP contribution in [-0.4, -0.2) is 23.0 Å². The molecule has 2 aromatic rings. The van der Waals surface area contributed by atoms with E-state index in [4.69, 9.17) is 17.3 Å². The van der Waals surface area contributed by atoms with E-state index in [9.17, 15) is 4.79 Å². The Kier molecular flexibility index (Phi) is 3.68. The first-order valence-electron chi connectivity index (χ1n) is 6.98. The third-order valence-corrected chi connectivity index (χ3v) is 4.20. The first-order valence-corrected chi connectivity index (χ1v) is 7.36. The molecule has 0 aliphatic heterocycles. The number of halogens is 1. The Morgan fingerprint density at radius 3 is 2.90 bits per heavy atom. The van der Waals surface area contributed by atoms with Crippen molar-refractivity contribution < 1.29 is 4.79 Å². The predicted molar refractivity (Wildman–Crippen MR) is 81.0 cm³/mol. The largest absolute Gasteiger partial charge is 0.351 e. The third-order valence-electron chi connectivity index (χ3n) is 3.96. The molecule has 5 heteroatoms. The lowest BCUT2D eigenvalue weighted by Gasteiger charge is -2.29. The Balaban J connectivity index is 1.78. The summed E-state index contributed by atoms with van der Waals surface area (Å²) in [5.74, 6) is -0.0975. The summed E-state index contributed by atoms with van der Waals surface area (Å²) in [5, 5.41) is 4.64. The van der Waals surface area contributed by atoms with E-state index in [2.05, 4.69) is 10.3 Å². The van der Waals surface area contributed by atoms with Crippen LogP contribution in [0.4, 0.5) is 0 Å². The first kappa shape index (κ1) is 13.5. The normalized spacial score (nSPS) is 22.9. The lowest BCUT2D eigenvalue weighted by atomic mass is 9.91. The number of nitrogens with two attached hydrogens (primary N) is 1. The second kappa shape index (κ2) is 5.46. The number of H-pyrrole nitrogens is 1. The molecule has 1 heterocycles. The van der Waals surface area contributed by atoms with Gasteiger partial charge in [-0.05, 0) is 37.1 Å². The fourth-order valence-electron chi connectivity index (χ4n) is 2.81. The summed E-state index contributed by atoms with van der Waals surface area (Å²) >= 11 is 5.95. The van der Waals surface area contributed by atoms with Gasteiger partial charge in [-0.25, -0.2) is 0 Å². The van der Waals surface area contributed by atoms with Gasteiger partial charge in [-0.1, -0.05) is 24.4 Å². The fraction of sp³-hybridized carbons (Fsp3) is 0.400. The van der Waals surface area contributed by atoms with Crippen LogP contribution in [0.3, 0.4) is 0 Å². The second-order valence-corrected chi connectivity index (χ2v) is 5.88.